The number of nitrogens with zero attached hydrogens (tertiary/aromatic N) is 2. The number of hydrogen-bond acceptors (Lipinski definition) is 5. The molecule has 2 N–H and O–H groups in total. The number of H-pyrrole nitrogens is 1. The SMILES string of the molecule is O=C(Cc1csc(-c2cccs2)n1)Nc1cn[nH]c1. The highest BCUT2D eigenvalue weighted by Crippen LogP contribution is 2.27. The van der Waals surface area contributed by atoms with Crippen molar-refractivity contribution in [2.75, 3.05) is 5.32 Å². The molecule has 3 heterocycles. The normalized spacial score (nSPS) is 10.5. The van der Waals surface area contributed by atoms with Crippen molar-refractivity contribution in [1.29, 1.82) is 0 Å². The first-order chi connectivity index (χ1) is 9.31. The molecule has 0 saturated heterocycles. The van der Waals surface area contributed by atoms with E-state index in [1.165, 1.54) is 0 Å². The Balaban J connectivity index is 1.65. The number of amides is 1. The molecule has 0 aromatic carbocycles. The Bertz CT molecular complexity index is 658. The van der Waals surface area contributed by atoms with Gasteiger partial charge < -0.3 is 5.32 Å². The minimum absolute atomic E-state index is 0.0931. The smallest absolute Gasteiger partial charge is 0.230 e. The predicted molar refractivity (Wildman–Crippen MR) is 76.3 cm³/mol. The monoisotopic (exact) mass is 290 g/mol. The van der Waals surface area contributed by atoms with Crippen molar-refractivity contribution in [3.63, 3.8) is 0 Å². The summed E-state index contributed by atoms with van der Waals surface area (Å²) in [7, 11) is 0. The van der Waals surface area contributed by atoms with E-state index in [2.05, 4.69) is 20.5 Å². The number of thiophene rings is 1. The molecule has 0 aliphatic heterocycles. The van der Waals surface area contributed by atoms with E-state index in [0.29, 0.717) is 5.69 Å². The molecular weight excluding hydrogens is 280 g/mol. The first kappa shape index (κ1) is 12.1. The standard InChI is InChI=1S/C12H10N4OS2/c17-11(15-9-5-13-14-6-9)4-8-7-19-12(16-8)10-2-1-3-18-10/h1-3,5-7H,4H2,(H,13,14)(H,15,17). The Morgan fingerprint density at radius 2 is 2.37 bits per heavy atom. The summed E-state index contributed by atoms with van der Waals surface area (Å²) in [5, 5.41) is 14.1. The van der Waals surface area contributed by atoms with Crippen molar-refractivity contribution in [1.82, 2.24) is 15.2 Å². The summed E-state index contributed by atoms with van der Waals surface area (Å²) < 4.78 is 0. The summed E-state index contributed by atoms with van der Waals surface area (Å²) in [4.78, 5) is 17.4. The van der Waals surface area contributed by atoms with Crippen molar-refractivity contribution in [3.8, 4) is 9.88 Å². The molecule has 0 bridgehead atoms. The second kappa shape index (κ2) is 5.33. The van der Waals surface area contributed by atoms with Gasteiger partial charge in [0.2, 0.25) is 5.91 Å². The van der Waals surface area contributed by atoms with E-state index in [1.54, 1.807) is 35.1 Å². The molecule has 3 aromatic rings. The number of thiazole rings is 1. The average molecular weight is 290 g/mol. The van der Waals surface area contributed by atoms with E-state index in [9.17, 15) is 4.79 Å². The van der Waals surface area contributed by atoms with Crippen LogP contribution in [0.3, 0.4) is 0 Å². The van der Waals surface area contributed by atoms with Crippen LogP contribution in [0.4, 0.5) is 5.69 Å². The number of carbonyl (C=O) groups excluding carboxylic acids is 1. The summed E-state index contributed by atoms with van der Waals surface area (Å²) in [6.07, 6.45) is 3.47. The van der Waals surface area contributed by atoms with E-state index in [4.69, 9.17) is 0 Å². The highest BCUT2D eigenvalue weighted by Gasteiger charge is 2.10. The molecule has 0 fully saturated rings. The molecule has 0 aliphatic carbocycles. The molecule has 0 aliphatic rings. The fourth-order valence-electron chi connectivity index (χ4n) is 1.59. The first-order valence-electron chi connectivity index (χ1n) is 5.58. The van der Waals surface area contributed by atoms with Gasteiger partial charge in [-0.15, -0.1) is 22.7 Å². The van der Waals surface area contributed by atoms with Gasteiger partial charge in [0, 0.05) is 11.6 Å². The van der Waals surface area contributed by atoms with E-state index in [1.807, 2.05) is 22.9 Å². The summed E-state index contributed by atoms with van der Waals surface area (Å²) >= 11 is 3.20. The molecule has 96 valence electrons. The maximum Gasteiger partial charge on any atom is 0.230 e. The molecule has 0 unspecified atom stereocenters. The summed E-state index contributed by atoms with van der Waals surface area (Å²) in [6.45, 7) is 0. The number of carbonyl (C=O) groups is 1. The molecule has 0 atom stereocenters. The lowest BCUT2D eigenvalue weighted by molar-refractivity contribution is -0.115. The van der Waals surface area contributed by atoms with Crippen LogP contribution in [0.1, 0.15) is 5.69 Å². The lowest BCUT2D eigenvalue weighted by Gasteiger charge is -1.99. The largest absolute Gasteiger partial charge is 0.323 e. The molecule has 0 spiro atoms. The van der Waals surface area contributed by atoms with Gasteiger partial charge >= 0.3 is 0 Å². The van der Waals surface area contributed by atoms with Crippen LogP contribution in [0.2, 0.25) is 0 Å². The van der Waals surface area contributed by atoms with E-state index < -0.39 is 0 Å². The van der Waals surface area contributed by atoms with Crippen LogP contribution in [-0.4, -0.2) is 21.1 Å². The quantitative estimate of drug-likeness (QED) is 0.776. The van der Waals surface area contributed by atoms with Crippen LogP contribution >= 0.6 is 22.7 Å². The van der Waals surface area contributed by atoms with Gasteiger partial charge in [-0.1, -0.05) is 6.07 Å². The molecule has 3 aromatic heterocycles. The van der Waals surface area contributed by atoms with Gasteiger partial charge in [0.1, 0.15) is 5.01 Å². The number of anilines is 1. The summed E-state index contributed by atoms with van der Waals surface area (Å²) in [6, 6.07) is 4.02. The molecule has 1 amide bonds. The number of aromatic amines is 1. The zero-order valence-corrected chi connectivity index (χ0v) is 11.4. The van der Waals surface area contributed by atoms with Gasteiger partial charge in [-0.3, -0.25) is 9.89 Å². The Morgan fingerprint density at radius 3 is 3.11 bits per heavy atom. The minimum atomic E-state index is -0.0931. The second-order valence-electron chi connectivity index (χ2n) is 3.83. The van der Waals surface area contributed by atoms with Crippen LogP contribution in [0, 0.1) is 0 Å². The molecular formula is C12H10N4OS2. The van der Waals surface area contributed by atoms with Crippen LogP contribution in [0.15, 0.2) is 35.3 Å². The van der Waals surface area contributed by atoms with Crippen molar-refractivity contribution in [2.45, 2.75) is 6.42 Å². The van der Waals surface area contributed by atoms with Crippen LogP contribution in [0.25, 0.3) is 9.88 Å². The van der Waals surface area contributed by atoms with E-state index in [-0.39, 0.29) is 12.3 Å². The highest BCUT2D eigenvalue weighted by molar-refractivity contribution is 7.20. The maximum absolute atomic E-state index is 11.8. The zero-order valence-electron chi connectivity index (χ0n) is 9.79. The van der Waals surface area contributed by atoms with Crippen molar-refractivity contribution in [2.24, 2.45) is 0 Å². The zero-order chi connectivity index (χ0) is 13.1. The Labute approximate surface area is 117 Å². The second-order valence-corrected chi connectivity index (χ2v) is 5.64. The van der Waals surface area contributed by atoms with Crippen LogP contribution in [-0.2, 0) is 11.2 Å². The molecule has 5 nitrogen and oxygen atoms in total. The predicted octanol–water partition coefficient (Wildman–Crippen LogP) is 2.78. The molecule has 3 rings (SSSR count). The van der Waals surface area contributed by atoms with Crippen molar-refractivity contribution >= 4 is 34.3 Å². The van der Waals surface area contributed by atoms with Crippen molar-refractivity contribution in [3.05, 3.63) is 41.0 Å². The Kier molecular flexibility index (Phi) is 3.39. The van der Waals surface area contributed by atoms with Gasteiger partial charge in [-0.2, -0.15) is 5.10 Å². The van der Waals surface area contributed by atoms with Gasteiger partial charge in [0.25, 0.3) is 0 Å². The van der Waals surface area contributed by atoms with Gasteiger partial charge in [-0.05, 0) is 11.4 Å². The van der Waals surface area contributed by atoms with Crippen molar-refractivity contribution < 1.29 is 4.79 Å². The number of hydrogen-bond donors (Lipinski definition) is 2. The van der Waals surface area contributed by atoms with E-state index >= 15 is 0 Å². The third-order valence-electron chi connectivity index (χ3n) is 2.41. The molecule has 19 heavy (non-hydrogen) atoms. The van der Waals surface area contributed by atoms with Gasteiger partial charge in [-0.25, -0.2) is 4.98 Å². The third kappa shape index (κ3) is 2.88. The number of rotatable bonds is 4. The fraction of sp³-hybridized carbons (Fsp3) is 0.0833. The topological polar surface area (TPSA) is 70.7 Å². The lowest BCUT2D eigenvalue weighted by atomic mass is 10.3. The Hall–Kier alpha value is -1.99. The molecule has 0 saturated carbocycles. The minimum Gasteiger partial charge on any atom is -0.323 e. The fourth-order valence-corrected chi connectivity index (χ4v) is 3.22. The van der Waals surface area contributed by atoms with Gasteiger partial charge in [0.15, 0.2) is 0 Å². The van der Waals surface area contributed by atoms with E-state index in [0.717, 1.165) is 15.6 Å². The molecule has 7 heteroatoms. The van der Waals surface area contributed by atoms with Crippen LogP contribution in [0.5, 0.6) is 0 Å². The Morgan fingerprint density at radius 1 is 1.42 bits per heavy atom. The highest BCUT2D eigenvalue weighted by atomic mass is 32.1. The first-order valence-corrected chi connectivity index (χ1v) is 7.34. The number of nitrogens with one attached hydrogen (secondary N) is 2. The lowest BCUT2D eigenvalue weighted by Crippen LogP contribution is -2.14. The molecule has 0 radical (unpaired) electrons. The maximum atomic E-state index is 11.8. The average Bonchev–Trinajstić information content (AvgIpc) is 3.09. The summed E-state index contributed by atoms with van der Waals surface area (Å²) in [5.41, 5.74) is 1.45. The third-order valence-corrected chi connectivity index (χ3v) is 4.34. The van der Waals surface area contributed by atoms with Gasteiger partial charge in [0.05, 0.1) is 28.9 Å². The van der Waals surface area contributed by atoms with Crippen LogP contribution < -0.4 is 5.32 Å². The number of aromatic nitrogens is 3. The summed E-state index contributed by atoms with van der Waals surface area (Å²) in [5.74, 6) is -0.0931.